The van der Waals surface area contributed by atoms with Gasteiger partial charge in [-0.1, -0.05) is 59.8 Å². The molecule has 1 aliphatic rings. The number of imide groups is 1. The molecule has 0 saturated carbocycles. The molecule has 134 valence electrons. The van der Waals surface area contributed by atoms with Gasteiger partial charge in [0.1, 0.15) is 0 Å². The first-order valence-corrected chi connectivity index (χ1v) is 8.70. The first kappa shape index (κ1) is 16.1. The highest BCUT2D eigenvalue weighted by Gasteiger charge is 2.37. The number of anilines is 1. The van der Waals surface area contributed by atoms with Crippen LogP contribution in [0, 0.1) is 0 Å². The number of hydrogen-bond donors (Lipinski definition) is 0. The van der Waals surface area contributed by atoms with Crippen LogP contribution < -0.4 is 4.90 Å². The number of hydrogen-bond acceptors (Lipinski definition) is 5. The lowest BCUT2D eigenvalue weighted by molar-refractivity contribution is 0.0926. The van der Waals surface area contributed by atoms with Crippen LogP contribution in [0.25, 0.3) is 22.8 Å². The molecule has 4 aromatic rings. The summed E-state index contributed by atoms with van der Waals surface area (Å²) in [6.45, 7) is 0. The summed E-state index contributed by atoms with van der Waals surface area (Å²) in [4.78, 5) is 31.3. The summed E-state index contributed by atoms with van der Waals surface area (Å²) in [5, 5.41) is 4.03. The van der Waals surface area contributed by atoms with E-state index in [1.165, 1.54) is 0 Å². The van der Waals surface area contributed by atoms with Gasteiger partial charge in [-0.05, 0) is 24.3 Å². The predicted octanol–water partition coefficient (Wildman–Crippen LogP) is 4.20. The maximum Gasteiger partial charge on any atom is 0.266 e. The van der Waals surface area contributed by atoms with Crippen LogP contribution in [0.1, 0.15) is 20.7 Å². The molecule has 0 atom stereocenters. The summed E-state index contributed by atoms with van der Waals surface area (Å²) in [6, 6.07) is 23.2. The molecule has 2 amide bonds. The smallest absolute Gasteiger partial charge is 0.266 e. The third-order valence-electron chi connectivity index (χ3n) is 4.63. The van der Waals surface area contributed by atoms with E-state index in [0.29, 0.717) is 28.2 Å². The minimum atomic E-state index is -0.365. The van der Waals surface area contributed by atoms with Crippen molar-refractivity contribution in [1.82, 2.24) is 10.1 Å². The number of rotatable bonds is 3. The molecule has 0 saturated heterocycles. The fourth-order valence-electron chi connectivity index (χ4n) is 3.29. The lowest BCUT2D eigenvalue weighted by Crippen LogP contribution is -2.29. The van der Waals surface area contributed by atoms with Gasteiger partial charge in [0.25, 0.3) is 17.7 Å². The largest absolute Gasteiger partial charge is 0.334 e. The monoisotopic (exact) mass is 367 g/mol. The van der Waals surface area contributed by atoms with Crippen LogP contribution in [-0.2, 0) is 0 Å². The van der Waals surface area contributed by atoms with E-state index < -0.39 is 0 Å². The zero-order valence-electron chi connectivity index (χ0n) is 14.6. The molecule has 0 radical (unpaired) electrons. The second kappa shape index (κ2) is 6.28. The number of carbonyl (C=O) groups excluding carboxylic acids is 2. The molecule has 0 unspecified atom stereocenters. The first-order chi connectivity index (χ1) is 13.7. The van der Waals surface area contributed by atoms with Crippen molar-refractivity contribution in [3.05, 3.63) is 90.0 Å². The number of para-hydroxylation sites is 1. The Hall–Kier alpha value is -4.06. The van der Waals surface area contributed by atoms with Gasteiger partial charge in [-0.15, -0.1) is 0 Å². The molecular formula is C22H13N3O3. The zero-order valence-corrected chi connectivity index (χ0v) is 14.6. The van der Waals surface area contributed by atoms with Crippen molar-refractivity contribution in [3.8, 4) is 22.8 Å². The summed E-state index contributed by atoms with van der Waals surface area (Å²) < 4.78 is 5.44. The van der Waals surface area contributed by atoms with E-state index in [1.807, 2.05) is 30.3 Å². The van der Waals surface area contributed by atoms with Crippen molar-refractivity contribution < 1.29 is 14.1 Å². The van der Waals surface area contributed by atoms with E-state index in [9.17, 15) is 9.59 Å². The van der Waals surface area contributed by atoms with Crippen molar-refractivity contribution in [3.63, 3.8) is 0 Å². The van der Waals surface area contributed by atoms with Gasteiger partial charge in [-0.25, -0.2) is 4.90 Å². The summed E-state index contributed by atoms with van der Waals surface area (Å²) >= 11 is 0. The van der Waals surface area contributed by atoms with Crippen LogP contribution in [0.4, 0.5) is 5.69 Å². The number of nitrogens with zero attached hydrogens (tertiary/aromatic N) is 3. The summed E-state index contributed by atoms with van der Waals surface area (Å²) in [7, 11) is 0. The van der Waals surface area contributed by atoms with Gasteiger partial charge in [0.05, 0.1) is 22.4 Å². The van der Waals surface area contributed by atoms with Gasteiger partial charge in [0.15, 0.2) is 0 Å². The maximum atomic E-state index is 12.9. The summed E-state index contributed by atoms with van der Waals surface area (Å²) in [6.07, 6.45) is 0. The van der Waals surface area contributed by atoms with Crippen molar-refractivity contribution in [1.29, 1.82) is 0 Å². The minimum Gasteiger partial charge on any atom is -0.334 e. The highest BCUT2D eigenvalue weighted by atomic mass is 16.5. The highest BCUT2D eigenvalue weighted by Crippen LogP contribution is 2.35. The first-order valence-electron chi connectivity index (χ1n) is 8.70. The molecule has 28 heavy (non-hydrogen) atoms. The molecule has 1 aliphatic heterocycles. The molecule has 2 heterocycles. The predicted molar refractivity (Wildman–Crippen MR) is 103 cm³/mol. The Morgan fingerprint density at radius 3 is 1.93 bits per heavy atom. The number of amides is 2. The quantitative estimate of drug-likeness (QED) is 0.507. The van der Waals surface area contributed by atoms with Crippen LogP contribution >= 0.6 is 0 Å². The lowest BCUT2D eigenvalue weighted by Gasteiger charge is -2.16. The van der Waals surface area contributed by atoms with Crippen LogP contribution in [0.15, 0.2) is 83.4 Å². The van der Waals surface area contributed by atoms with Crippen LogP contribution in [-0.4, -0.2) is 22.0 Å². The number of aromatic nitrogens is 2. The van der Waals surface area contributed by atoms with E-state index in [1.54, 1.807) is 48.5 Å². The molecule has 3 aromatic carbocycles. The fraction of sp³-hybridized carbons (Fsp3) is 0. The molecule has 1 aromatic heterocycles. The highest BCUT2D eigenvalue weighted by molar-refractivity contribution is 6.35. The van der Waals surface area contributed by atoms with E-state index >= 15 is 0 Å². The summed E-state index contributed by atoms with van der Waals surface area (Å²) in [5.41, 5.74) is 2.52. The Morgan fingerprint density at radius 2 is 1.25 bits per heavy atom. The number of benzene rings is 3. The van der Waals surface area contributed by atoms with Crippen molar-refractivity contribution >= 4 is 17.5 Å². The van der Waals surface area contributed by atoms with Crippen molar-refractivity contribution in [2.75, 3.05) is 4.90 Å². The standard InChI is InChI=1S/C22H13N3O3/c26-21-15-10-4-5-11-16(15)22(27)25(21)18-13-7-6-12-17(18)20-23-19(24-28-20)14-8-2-1-3-9-14/h1-13H. The second-order valence-corrected chi connectivity index (χ2v) is 6.30. The van der Waals surface area contributed by atoms with E-state index in [4.69, 9.17) is 4.52 Å². The van der Waals surface area contributed by atoms with Crippen molar-refractivity contribution in [2.24, 2.45) is 0 Å². The molecule has 0 bridgehead atoms. The van der Waals surface area contributed by atoms with Gasteiger partial charge in [0.2, 0.25) is 5.82 Å². The van der Waals surface area contributed by atoms with Gasteiger partial charge in [0, 0.05) is 5.56 Å². The van der Waals surface area contributed by atoms with Crippen LogP contribution in [0.3, 0.4) is 0 Å². The minimum absolute atomic E-state index is 0.242. The Balaban J connectivity index is 1.59. The van der Waals surface area contributed by atoms with Crippen LogP contribution in [0.2, 0.25) is 0 Å². The van der Waals surface area contributed by atoms with Gasteiger partial charge < -0.3 is 4.52 Å². The molecule has 5 rings (SSSR count). The lowest BCUT2D eigenvalue weighted by atomic mass is 10.1. The van der Waals surface area contributed by atoms with Gasteiger partial charge in [-0.3, -0.25) is 9.59 Å². The van der Waals surface area contributed by atoms with Crippen molar-refractivity contribution in [2.45, 2.75) is 0 Å². The Labute approximate surface area is 160 Å². The SMILES string of the molecule is O=C1c2ccccc2C(=O)N1c1ccccc1-c1nc(-c2ccccc2)no1. The molecule has 6 heteroatoms. The van der Waals surface area contributed by atoms with Gasteiger partial charge >= 0.3 is 0 Å². The third-order valence-corrected chi connectivity index (χ3v) is 4.63. The molecule has 0 spiro atoms. The summed E-state index contributed by atoms with van der Waals surface area (Å²) in [5.74, 6) is -0.0505. The average Bonchev–Trinajstić information content (AvgIpc) is 3.33. The molecule has 0 aliphatic carbocycles. The second-order valence-electron chi connectivity index (χ2n) is 6.30. The fourth-order valence-corrected chi connectivity index (χ4v) is 3.29. The Morgan fingerprint density at radius 1 is 0.679 bits per heavy atom. The van der Waals surface area contributed by atoms with Gasteiger partial charge in [-0.2, -0.15) is 4.98 Å². The van der Waals surface area contributed by atoms with E-state index in [-0.39, 0.29) is 17.7 Å². The van der Waals surface area contributed by atoms with Crippen LogP contribution in [0.5, 0.6) is 0 Å². The number of carbonyl (C=O) groups is 2. The molecule has 6 nitrogen and oxygen atoms in total. The average molecular weight is 367 g/mol. The molecule has 0 N–H and O–H groups in total. The maximum absolute atomic E-state index is 12.9. The van der Waals surface area contributed by atoms with E-state index in [0.717, 1.165) is 10.5 Å². The molecular weight excluding hydrogens is 354 g/mol. The number of fused-ring (bicyclic) bond motifs is 1. The third kappa shape index (κ3) is 2.43. The Kier molecular flexibility index (Phi) is 3.62. The Bertz CT molecular complexity index is 1180. The zero-order chi connectivity index (χ0) is 19.1. The van der Waals surface area contributed by atoms with E-state index in [2.05, 4.69) is 10.1 Å². The normalized spacial score (nSPS) is 13.1. The topological polar surface area (TPSA) is 76.3 Å². The molecule has 0 fully saturated rings.